The maximum Gasteiger partial charge on any atom is 0.306 e. The van der Waals surface area contributed by atoms with Gasteiger partial charge in [0.05, 0.1) is 23.1 Å². The minimum atomic E-state index is -0.771. The Morgan fingerprint density at radius 3 is 2.60 bits per heavy atom. The smallest absolute Gasteiger partial charge is 0.306 e. The number of hydrogen-bond donors (Lipinski definition) is 2. The molecule has 0 radical (unpaired) electrons. The Morgan fingerprint density at radius 1 is 1.24 bits per heavy atom. The van der Waals surface area contributed by atoms with Crippen molar-refractivity contribution in [1.82, 2.24) is 14.9 Å². The van der Waals surface area contributed by atoms with Crippen LogP contribution in [0.4, 0.5) is 0 Å². The summed E-state index contributed by atoms with van der Waals surface area (Å²) in [6.07, 6.45) is 3.80. The van der Waals surface area contributed by atoms with Crippen molar-refractivity contribution in [3.63, 3.8) is 0 Å². The first-order valence-corrected chi connectivity index (χ1v) is 8.46. The highest BCUT2D eigenvalue weighted by atomic mass is 16.4. The van der Waals surface area contributed by atoms with Crippen molar-refractivity contribution in [1.29, 1.82) is 0 Å². The standard InChI is InChI=1S/C18H21N3O4/c1-11(16(22)20-13-8-6-12(7-9-13)18(24)25)21-10-19-15-5-3-2-4-14(15)17(21)23/h2-5,10-13H,6-9H2,1H3,(H,20,22)(H,24,25). The number of para-hydroxylation sites is 1. The Bertz CT molecular complexity index is 853. The Kier molecular flexibility index (Phi) is 4.83. The second-order valence-electron chi connectivity index (χ2n) is 6.55. The third-order valence-corrected chi connectivity index (χ3v) is 4.91. The maximum atomic E-state index is 12.6. The van der Waals surface area contributed by atoms with Crippen LogP contribution in [0.2, 0.25) is 0 Å². The molecule has 1 aromatic carbocycles. The average Bonchev–Trinajstić information content (AvgIpc) is 2.62. The molecular weight excluding hydrogens is 322 g/mol. The van der Waals surface area contributed by atoms with Gasteiger partial charge in [-0.15, -0.1) is 0 Å². The van der Waals surface area contributed by atoms with Crippen LogP contribution in [0.25, 0.3) is 10.9 Å². The number of amides is 1. The fraction of sp³-hybridized carbons (Fsp3) is 0.444. The van der Waals surface area contributed by atoms with Crippen LogP contribution in [0, 0.1) is 5.92 Å². The van der Waals surface area contributed by atoms with E-state index in [1.165, 1.54) is 10.9 Å². The van der Waals surface area contributed by atoms with Crippen molar-refractivity contribution in [2.45, 2.75) is 44.7 Å². The fourth-order valence-electron chi connectivity index (χ4n) is 3.29. The Labute approximate surface area is 144 Å². The van der Waals surface area contributed by atoms with Crippen molar-refractivity contribution in [3.05, 3.63) is 40.9 Å². The normalized spacial score (nSPS) is 21.6. The molecule has 7 heteroatoms. The number of benzene rings is 1. The number of aromatic nitrogens is 2. The van der Waals surface area contributed by atoms with Gasteiger partial charge in [-0.2, -0.15) is 0 Å². The summed E-state index contributed by atoms with van der Waals surface area (Å²) in [6.45, 7) is 1.66. The van der Waals surface area contributed by atoms with Gasteiger partial charge in [-0.25, -0.2) is 4.98 Å². The van der Waals surface area contributed by atoms with Gasteiger partial charge in [-0.1, -0.05) is 12.1 Å². The number of nitrogens with zero attached hydrogens (tertiary/aromatic N) is 2. The molecule has 0 aliphatic heterocycles. The summed E-state index contributed by atoms with van der Waals surface area (Å²) in [5.74, 6) is -1.34. The molecule has 1 atom stereocenters. The molecule has 0 bridgehead atoms. The molecule has 25 heavy (non-hydrogen) atoms. The van der Waals surface area contributed by atoms with E-state index < -0.39 is 12.0 Å². The van der Waals surface area contributed by atoms with Crippen LogP contribution in [-0.4, -0.2) is 32.6 Å². The van der Waals surface area contributed by atoms with Crippen molar-refractivity contribution >= 4 is 22.8 Å². The van der Waals surface area contributed by atoms with Gasteiger partial charge in [0.15, 0.2) is 0 Å². The van der Waals surface area contributed by atoms with Gasteiger partial charge >= 0.3 is 5.97 Å². The molecule has 1 fully saturated rings. The van der Waals surface area contributed by atoms with E-state index in [9.17, 15) is 14.4 Å². The molecule has 2 aromatic rings. The van der Waals surface area contributed by atoms with Gasteiger partial charge < -0.3 is 10.4 Å². The zero-order chi connectivity index (χ0) is 18.0. The summed E-state index contributed by atoms with van der Waals surface area (Å²) in [7, 11) is 0. The van der Waals surface area contributed by atoms with Crippen LogP contribution in [0.15, 0.2) is 35.4 Å². The highest BCUT2D eigenvalue weighted by Gasteiger charge is 2.28. The summed E-state index contributed by atoms with van der Waals surface area (Å²) >= 11 is 0. The summed E-state index contributed by atoms with van der Waals surface area (Å²) in [5.41, 5.74) is 0.353. The van der Waals surface area contributed by atoms with Gasteiger partial charge in [0, 0.05) is 6.04 Å². The zero-order valence-electron chi connectivity index (χ0n) is 14.0. The molecule has 1 aliphatic rings. The largest absolute Gasteiger partial charge is 0.481 e. The molecule has 1 heterocycles. The molecule has 1 aliphatic carbocycles. The SMILES string of the molecule is CC(C(=O)NC1CCC(C(=O)O)CC1)n1cnc2ccccc2c1=O. The van der Waals surface area contributed by atoms with Crippen LogP contribution in [0.1, 0.15) is 38.6 Å². The van der Waals surface area contributed by atoms with Crippen LogP contribution < -0.4 is 10.9 Å². The lowest BCUT2D eigenvalue weighted by Gasteiger charge is -2.28. The molecule has 7 nitrogen and oxygen atoms in total. The van der Waals surface area contributed by atoms with Gasteiger partial charge in [0.2, 0.25) is 5.91 Å². The van der Waals surface area contributed by atoms with Crippen molar-refractivity contribution in [2.75, 3.05) is 0 Å². The summed E-state index contributed by atoms with van der Waals surface area (Å²) < 4.78 is 1.33. The highest BCUT2D eigenvalue weighted by molar-refractivity contribution is 5.81. The molecule has 132 valence electrons. The second kappa shape index (κ2) is 7.04. The van der Waals surface area contributed by atoms with E-state index in [4.69, 9.17) is 5.11 Å². The first kappa shape index (κ1) is 17.1. The lowest BCUT2D eigenvalue weighted by atomic mass is 9.86. The third-order valence-electron chi connectivity index (χ3n) is 4.91. The lowest BCUT2D eigenvalue weighted by molar-refractivity contribution is -0.142. The molecule has 3 rings (SSSR count). The van der Waals surface area contributed by atoms with Crippen LogP contribution in [-0.2, 0) is 9.59 Å². The molecule has 1 unspecified atom stereocenters. The Balaban J connectivity index is 1.70. The quantitative estimate of drug-likeness (QED) is 0.880. The first-order chi connectivity index (χ1) is 12.0. The van der Waals surface area contributed by atoms with Gasteiger partial charge in [0.1, 0.15) is 6.04 Å². The van der Waals surface area contributed by atoms with E-state index in [1.54, 1.807) is 25.1 Å². The molecular formula is C18H21N3O4. The molecule has 1 saturated carbocycles. The van der Waals surface area contributed by atoms with E-state index >= 15 is 0 Å². The lowest BCUT2D eigenvalue weighted by Crippen LogP contribution is -2.43. The average molecular weight is 343 g/mol. The van der Waals surface area contributed by atoms with Crippen LogP contribution >= 0.6 is 0 Å². The van der Waals surface area contributed by atoms with Gasteiger partial charge in [-0.3, -0.25) is 19.0 Å². The van der Waals surface area contributed by atoms with Gasteiger partial charge in [-0.05, 0) is 44.7 Å². The molecule has 2 N–H and O–H groups in total. The number of carboxylic acids is 1. The predicted molar refractivity (Wildman–Crippen MR) is 92.2 cm³/mol. The molecule has 1 amide bonds. The van der Waals surface area contributed by atoms with Crippen molar-refractivity contribution in [2.24, 2.45) is 5.92 Å². The Hall–Kier alpha value is -2.70. The van der Waals surface area contributed by atoms with E-state index in [-0.39, 0.29) is 23.4 Å². The van der Waals surface area contributed by atoms with E-state index in [0.29, 0.717) is 36.6 Å². The number of carbonyl (C=O) groups excluding carboxylic acids is 1. The van der Waals surface area contributed by atoms with Crippen LogP contribution in [0.3, 0.4) is 0 Å². The second-order valence-corrected chi connectivity index (χ2v) is 6.55. The number of rotatable bonds is 4. The Morgan fingerprint density at radius 2 is 1.92 bits per heavy atom. The number of hydrogen-bond acceptors (Lipinski definition) is 4. The van der Waals surface area contributed by atoms with Crippen molar-refractivity contribution < 1.29 is 14.7 Å². The molecule has 1 aromatic heterocycles. The zero-order valence-corrected chi connectivity index (χ0v) is 14.0. The number of fused-ring (bicyclic) bond motifs is 1. The van der Waals surface area contributed by atoms with Gasteiger partial charge in [0.25, 0.3) is 5.56 Å². The number of carboxylic acid groups (broad SMARTS) is 1. The highest BCUT2D eigenvalue weighted by Crippen LogP contribution is 2.24. The minimum Gasteiger partial charge on any atom is -0.481 e. The predicted octanol–water partition coefficient (Wildman–Crippen LogP) is 1.72. The number of aliphatic carboxylic acids is 1. The van der Waals surface area contributed by atoms with Crippen molar-refractivity contribution in [3.8, 4) is 0 Å². The molecule has 0 saturated heterocycles. The van der Waals surface area contributed by atoms with E-state index in [2.05, 4.69) is 10.3 Å². The number of carbonyl (C=O) groups is 2. The minimum absolute atomic E-state index is 0.0466. The summed E-state index contributed by atoms with van der Waals surface area (Å²) in [4.78, 5) is 40.3. The third kappa shape index (κ3) is 3.55. The first-order valence-electron chi connectivity index (χ1n) is 8.46. The topological polar surface area (TPSA) is 101 Å². The van der Waals surface area contributed by atoms with E-state index in [0.717, 1.165) is 0 Å². The molecule has 0 spiro atoms. The number of nitrogens with one attached hydrogen (secondary N) is 1. The fourth-order valence-corrected chi connectivity index (χ4v) is 3.29. The van der Waals surface area contributed by atoms with E-state index in [1.807, 2.05) is 6.07 Å². The summed E-state index contributed by atoms with van der Waals surface area (Å²) in [5, 5.41) is 12.4. The summed E-state index contributed by atoms with van der Waals surface area (Å²) in [6, 6.07) is 6.30. The van der Waals surface area contributed by atoms with Crippen LogP contribution in [0.5, 0.6) is 0 Å². The maximum absolute atomic E-state index is 12.6. The monoisotopic (exact) mass is 343 g/mol.